The van der Waals surface area contributed by atoms with Crippen molar-refractivity contribution in [1.29, 1.82) is 5.26 Å². The van der Waals surface area contributed by atoms with E-state index in [2.05, 4.69) is 23.5 Å². The molecule has 0 fully saturated rings. The number of hydrogen-bond donors (Lipinski definition) is 2. The Bertz CT molecular complexity index is 555. The van der Waals surface area contributed by atoms with Crippen LogP contribution in [0.4, 0.5) is 11.4 Å². The van der Waals surface area contributed by atoms with E-state index in [1.807, 2.05) is 36.4 Å². The van der Waals surface area contributed by atoms with Crippen molar-refractivity contribution < 1.29 is 0 Å². The lowest BCUT2D eigenvalue weighted by atomic mass is 10.3. The normalized spacial score (nSPS) is 9.84. The quantitative estimate of drug-likeness (QED) is 0.641. The Morgan fingerprint density at radius 1 is 1.00 bits per heavy atom. The number of rotatable bonds is 5. The van der Waals surface area contributed by atoms with E-state index in [1.54, 1.807) is 11.8 Å². The molecular formula is C15H15N3S. The lowest BCUT2D eigenvalue weighted by Crippen LogP contribution is -1.99. The maximum atomic E-state index is 8.47. The summed E-state index contributed by atoms with van der Waals surface area (Å²) in [7, 11) is 0. The highest BCUT2D eigenvalue weighted by Crippen LogP contribution is 2.28. The third-order valence-electron chi connectivity index (χ3n) is 2.54. The molecular weight excluding hydrogens is 254 g/mol. The Morgan fingerprint density at radius 2 is 1.58 bits per heavy atom. The molecule has 0 spiro atoms. The summed E-state index contributed by atoms with van der Waals surface area (Å²) in [5.41, 5.74) is 7.48. The maximum Gasteiger partial charge on any atom is 0.0640 e. The first-order valence-corrected chi connectivity index (χ1v) is 6.84. The molecule has 0 saturated carbocycles. The maximum absolute atomic E-state index is 8.47. The molecule has 0 atom stereocenters. The monoisotopic (exact) mass is 269 g/mol. The van der Waals surface area contributed by atoms with Crippen molar-refractivity contribution in [2.75, 3.05) is 17.6 Å². The molecule has 3 nitrogen and oxygen atoms in total. The van der Waals surface area contributed by atoms with Crippen molar-refractivity contribution in [1.82, 2.24) is 0 Å². The number of nitrogen functional groups attached to an aromatic ring is 1. The van der Waals surface area contributed by atoms with E-state index in [1.165, 1.54) is 9.79 Å². The van der Waals surface area contributed by atoms with Crippen LogP contribution in [0.1, 0.15) is 6.42 Å². The third kappa shape index (κ3) is 4.23. The number of nitrogens with one attached hydrogen (secondary N) is 1. The summed E-state index contributed by atoms with van der Waals surface area (Å²) in [6, 6.07) is 18.1. The van der Waals surface area contributed by atoms with E-state index >= 15 is 0 Å². The van der Waals surface area contributed by atoms with Gasteiger partial charge in [-0.05, 0) is 48.5 Å². The smallest absolute Gasteiger partial charge is 0.0640 e. The molecule has 4 heteroatoms. The van der Waals surface area contributed by atoms with Gasteiger partial charge in [-0.1, -0.05) is 11.8 Å². The zero-order valence-electron chi connectivity index (χ0n) is 10.5. The summed E-state index contributed by atoms with van der Waals surface area (Å²) < 4.78 is 0. The van der Waals surface area contributed by atoms with Crippen molar-refractivity contribution in [3.8, 4) is 6.07 Å². The second-order valence-electron chi connectivity index (χ2n) is 4.03. The molecule has 96 valence electrons. The van der Waals surface area contributed by atoms with E-state index in [9.17, 15) is 0 Å². The molecule has 0 heterocycles. The lowest BCUT2D eigenvalue weighted by Gasteiger charge is -2.06. The number of nitriles is 1. The summed E-state index contributed by atoms with van der Waals surface area (Å²) in [6.07, 6.45) is 0.516. The van der Waals surface area contributed by atoms with Crippen molar-refractivity contribution >= 4 is 23.1 Å². The molecule has 3 N–H and O–H groups in total. The lowest BCUT2D eigenvalue weighted by molar-refractivity contribution is 1.07. The van der Waals surface area contributed by atoms with Gasteiger partial charge in [0, 0.05) is 27.7 Å². The van der Waals surface area contributed by atoms with Gasteiger partial charge in [-0.3, -0.25) is 0 Å². The van der Waals surface area contributed by atoms with Crippen molar-refractivity contribution in [3.63, 3.8) is 0 Å². The average Bonchev–Trinajstić information content (AvgIpc) is 2.44. The Balaban J connectivity index is 1.95. The largest absolute Gasteiger partial charge is 0.399 e. The van der Waals surface area contributed by atoms with Gasteiger partial charge in [0.25, 0.3) is 0 Å². The minimum Gasteiger partial charge on any atom is -0.399 e. The predicted octanol–water partition coefficient (Wildman–Crippen LogP) is 3.75. The number of nitrogens with zero attached hydrogens (tertiary/aromatic N) is 1. The van der Waals surface area contributed by atoms with E-state index < -0.39 is 0 Å². The zero-order chi connectivity index (χ0) is 13.5. The van der Waals surface area contributed by atoms with E-state index in [-0.39, 0.29) is 0 Å². The van der Waals surface area contributed by atoms with Gasteiger partial charge in [-0.2, -0.15) is 5.26 Å². The highest BCUT2D eigenvalue weighted by Gasteiger charge is 1.98. The molecule has 0 aromatic heterocycles. The highest BCUT2D eigenvalue weighted by atomic mass is 32.2. The molecule has 2 rings (SSSR count). The van der Waals surface area contributed by atoms with Crippen LogP contribution in [-0.2, 0) is 0 Å². The SMILES string of the molecule is N#CCCNc1ccc(Sc2ccc(N)cc2)cc1. The number of anilines is 2. The average molecular weight is 269 g/mol. The van der Waals surface area contributed by atoms with Gasteiger partial charge in [0.15, 0.2) is 0 Å². The first-order chi connectivity index (χ1) is 9.28. The summed E-state index contributed by atoms with van der Waals surface area (Å²) in [5, 5.41) is 11.7. The molecule has 0 saturated heterocycles. The molecule has 0 unspecified atom stereocenters. The van der Waals surface area contributed by atoms with Crippen LogP contribution in [0, 0.1) is 11.3 Å². The zero-order valence-corrected chi connectivity index (χ0v) is 11.3. The van der Waals surface area contributed by atoms with Gasteiger partial charge >= 0.3 is 0 Å². The Kier molecular flexibility index (Phi) is 4.71. The van der Waals surface area contributed by atoms with Crippen LogP contribution < -0.4 is 11.1 Å². The fourth-order valence-corrected chi connectivity index (χ4v) is 2.39. The minimum absolute atomic E-state index is 0.516. The van der Waals surface area contributed by atoms with Crippen LogP contribution in [0.25, 0.3) is 0 Å². The topological polar surface area (TPSA) is 61.8 Å². The first-order valence-electron chi connectivity index (χ1n) is 6.02. The molecule has 0 aliphatic heterocycles. The Hall–Kier alpha value is -2.12. The number of benzene rings is 2. The number of nitrogens with two attached hydrogens (primary N) is 1. The molecule has 0 radical (unpaired) electrons. The Morgan fingerprint density at radius 3 is 2.16 bits per heavy atom. The van der Waals surface area contributed by atoms with Crippen LogP contribution in [0.2, 0.25) is 0 Å². The molecule has 0 bridgehead atoms. The molecule has 0 aliphatic rings. The van der Waals surface area contributed by atoms with Crippen LogP contribution >= 0.6 is 11.8 Å². The van der Waals surface area contributed by atoms with E-state index in [4.69, 9.17) is 11.0 Å². The molecule has 0 aliphatic carbocycles. The fraction of sp³-hybridized carbons (Fsp3) is 0.133. The van der Waals surface area contributed by atoms with Gasteiger partial charge < -0.3 is 11.1 Å². The van der Waals surface area contributed by atoms with Crippen LogP contribution in [0.15, 0.2) is 58.3 Å². The summed E-state index contributed by atoms with van der Waals surface area (Å²) in [6.45, 7) is 0.681. The van der Waals surface area contributed by atoms with Gasteiger partial charge in [0.2, 0.25) is 0 Å². The third-order valence-corrected chi connectivity index (χ3v) is 3.55. The van der Waals surface area contributed by atoms with Gasteiger partial charge in [-0.25, -0.2) is 0 Å². The van der Waals surface area contributed by atoms with Crippen molar-refractivity contribution in [2.45, 2.75) is 16.2 Å². The summed E-state index contributed by atoms with van der Waals surface area (Å²) >= 11 is 1.70. The first kappa shape index (κ1) is 13.3. The van der Waals surface area contributed by atoms with Crippen LogP contribution in [0.3, 0.4) is 0 Å². The predicted molar refractivity (Wildman–Crippen MR) is 80.1 cm³/mol. The van der Waals surface area contributed by atoms with Crippen LogP contribution in [0.5, 0.6) is 0 Å². The standard InChI is InChI=1S/C15H15N3S/c16-10-1-11-18-13-4-8-15(9-5-13)19-14-6-2-12(17)3-7-14/h2-9,18H,1,11,17H2. The molecule has 0 amide bonds. The van der Waals surface area contributed by atoms with Crippen LogP contribution in [-0.4, -0.2) is 6.54 Å². The van der Waals surface area contributed by atoms with Crippen molar-refractivity contribution in [3.05, 3.63) is 48.5 Å². The molecule has 2 aromatic rings. The summed E-state index contributed by atoms with van der Waals surface area (Å²) in [5.74, 6) is 0. The molecule has 19 heavy (non-hydrogen) atoms. The second-order valence-corrected chi connectivity index (χ2v) is 5.18. The minimum atomic E-state index is 0.516. The van der Waals surface area contributed by atoms with E-state index in [0.29, 0.717) is 13.0 Å². The Labute approximate surface area is 117 Å². The van der Waals surface area contributed by atoms with Gasteiger partial charge in [-0.15, -0.1) is 0 Å². The highest BCUT2D eigenvalue weighted by molar-refractivity contribution is 7.99. The van der Waals surface area contributed by atoms with E-state index in [0.717, 1.165) is 11.4 Å². The van der Waals surface area contributed by atoms with Crippen molar-refractivity contribution in [2.24, 2.45) is 0 Å². The number of hydrogen-bond acceptors (Lipinski definition) is 4. The molecule has 2 aromatic carbocycles. The summed E-state index contributed by atoms with van der Waals surface area (Å²) in [4.78, 5) is 2.34. The second kappa shape index (κ2) is 6.72. The van der Waals surface area contributed by atoms with Gasteiger partial charge in [0.1, 0.15) is 0 Å². The fourth-order valence-electron chi connectivity index (χ4n) is 1.58. The van der Waals surface area contributed by atoms with Gasteiger partial charge in [0.05, 0.1) is 12.5 Å².